The third-order valence-corrected chi connectivity index (χ3v) is 12.5. The van der Waals surface area contributed by atoms with Crippen molar-refractivity contribution in [3.05, 3.63) is 170 Å². The zero-order valence-electron chi connectivity index (χ0n) is 49.9. The normalized spacial score (nSPS) is 13.3. The minimum atomic E-state index is -0.806. The molecule has 1 unspecified atom stereocenters. The Bertz CT molecular complexity index is 1810. The van der Waals surface area contributed by atoms with Crippen LogP contribution in [0.3, 0.4) is 0 Å². The lowest BCUT2D eigenvalue weighted by Gasteiger charge is -2.18. The van der Waals surface area contributed by atoms with Gasteiger partial charge in [-0.3, -0.25) is 14.4 Å². The number of esters is 3. The molecule has 0 fully saturated rings. The maximum absolute atomic E-state index is 12.8. The second kappa shape index (κ2) is 64.3. The third-order valence-electron chi connectivity index (χ3n) is 12.5. The van der Waals surface area contributed by atoms with Crippen molar-refractivity contribution in [2.24, 2.45) is 0 Å². The number of ether oxygens (including phenoxy) is 3. The van der Waals surface area contributed by atoms with Crippen molar-refractivity contribution in [2.45, 2.75) is 252 Å². The molecule has 0 radical (unpaired) electrons. The molecule has 0 aliphatic rings. The van der Waals surface area contributed by atoms with Crippen LogP contribution in [-0.4, -0.2) is 37.2 Å². The SMILES string of the molecule is CC/C=C\C/C=C\C/C=C\C/C=C\C/C=C\C/C=C\C/C=C\C/C=C\C/C=C\C/C=C\CCCCC(=O)OCC(COC(=O)CCCCCCCC)OC(=O)CCCCCCCCCC/C=C\C/C=C\C/C=C\C/C=C\CC. The summed E-state index contributed by atoms with van der Waals surface area (Å²) in [5, 5.41) is 0. The average molecular weight is 1070 g/mol. The van der Waals surface area contributed by atoms with E-state index < -0.39 is 6.10 Å². The second-order valence-electron chi connectivity index (χ2n) is 19.9. The van der Waals surface area contributed by atoms with E-state index in [0.717, 1.165) is 148 Å². The highest BCUT2D eigenvalue weighted by Crippen LogP contribution is 2.14. The molecule has 0 saturated heterocycles. The Morgan fingerprint density at radius 1 is 0.269 bits per heavy atom. The van der Waals surface area contributed by atoms with Crippen LogP contribution in [0.5, 0.6) is 0 Å². The highest BCUT2D eigenvalue weighted by atomic mass is 16.6. The molecule has 0 aromatic rings. The molecule has 0 N–H and O–H groups in total. The number of rotatable bonds is 54. The van der Waals surface area contributed by atoms with E-state index in [2.05, 4.69) is 191 Å². The summed E-state index contributed by atoms with van der Waals surface area (Å²) in [6, 6.07) is 0. The van der Waals surface area contributed by atoms with Gasteiger partial charge in [0.1, 0.15) is 13.2 Å². The Kier molecular flexibility index (Phi) is 60.0. The number of hydrogen-bond acceptors (Lipinski definition) is 6. The average Bonchev–Trinajstić information content (AvgIpc) is 3.44. The van der Waals surface area contributed by atoms with Crippen LogP contribution in [0.1, 0.15) is 245 Å². The van der Waals surface area contributed by atoms with Crippen molar-refractivity contribution < 1.29 is 28.6 Å². The molecule has 6 nitrogen and oxygen atoms in total. The summed E-state index contributed by atoms with van der Waals surface area (Å²) in [7, 11) is 0. The van der Waals surface area contributed by atoms with E-state index in [0.29, 0.717) is 25.7 Å². The van der Waals surface area contributed by atoms with E-state index >= 15 is 0 Å². The molecule has 0 heterocycles. The first-order valence-electron chi connectivity index (χ1n) is 31.1. The number of carbonyl (C=O) groups is 3. The molecule has 6 heteroatoms. The second-order valence-corrected chi connectivity index (χ2v) is 19.9. The predicted octanol–water partition coefficient (Wildman–Crippen LogP) is 21.5. The lowest BCUT2D eigenvalue weighted by atomic mass is 10.1. The monoisotopic (exact) mass is 1070 g/mol. The molecule has 1 atom stereocenters. The van der Waals surface area contributed by atoms with Gasteiger partial charge in [-0.2, -0.15) is 0 Å². The summed E-state index contributed by atoms with van der Waals surface area (Å²) >= 11 is 0. The predicted molar refractivity (Wildman–Crippen MR) is 338 cm³/mol. The lowest BCUT2D eigenvalue weighted by molar-refractivity contribution is -0.167. The zero-order valence-corrected chi connectivity index (χ0v) is 49.9. The van der Waals surface area contributed by atoms with Crippen molar-refractivity contribution in [1.82, 2.24) is 0 Å². The largest absolute Gasteiger partial charge is 0.462 e. The number of carbonyl (C=O) groups excluding carboxylic acids is 3. The first-order chi connectivity index (χ1) is 38.5. The third kappa shape index (κ3) is 61.6. The smallest absolute Gasteiger partial charge is 0.306 e. The summed E-state index contributed by atoms with van der Waals surface area (Å²) in [4.78, 5) is 38.0. The molecule has 436 valence electrons. The fourth-order valence-corrected chi connectivity index (χ4v) is 7.87. The Labute approximate surface area is 479 Å². The fourth-order valence-electron chi connectivity index (χ4n) is 7.87. The van der Waals surface area contributed by atoms with E-state index in [9.17, 15) is 14.4 Å². The molecule has 0 aliphatic heterocycles. The highest BCUT2D eigenvalue weighted by molar-refractivity contribution is 5.71. The molecule has 0 aromatic carbocycles. The number of hydrogen-bond donors (Lipinski definition) is 0. The van der Waals surface area contributed by atoms with Crippen molar-refractivity contribution in [3.63, 3.8) is 0 Å². The van der Waals surface area contributed by atoms with Gasteiger partial charge in [0.25, 0.3) is 0 Å². The van der Waals surface area contributed by atoms with Gasteiger partial charge in [0, 0.05) is 19.3 Å². The van der Waals surface area contributed by atoms with Gasteiger partial charge in [0.05, 0.1) is 0 Å². The Balaban J connectivity index is 4.25. The van der Waals surface area contributed by atoms with Crippen LogP contribution in [0.15, 0.2) is 170 Å². The topological polar surface area (TPSA) is 78.9 Å². The molecule has 0 aliphatic carbocycles. The summed E-state index contributed by atoms with van der Waals surface area (Å²) in [5.41, 5.74) is 0. The van der Waals surface area contributed by atoms with Gasteiger partial charge in [-0.25, -0.2) is 0 Å². The summed E-state index contributed by atoms with van der Waals surface area (Å²) in [6.45, 7) is 6.29. The minimum absolute atomic E-state index is 0.102. The van der Waals surface area contributed by atoms with Crippen LogP contribution in [0, 0.1) is 0 Å². The van der Waals surface area contributed by atoms with E-state index in [1.807, 2.05) is 0 Å². The van der Waals surface area contributed by atoms with E-state index in [-0.39, 0.29) is 31.1 Å². The molecule has 0 aromatic heterocycles. The van der Waals surface area contributed by atoms with Gasteiger partial charge in [-0.05, 0) is 135 Å². The molecular weight excluding hydrogens is 961 g/mol. The van der Waals surface area contributed by atoms with Crippen molar-refractivity contribution in [2.75, 3.05) is 13.2 Å². The summed E-state index contributed by atoms with van der Waals surface area (Å²) in [6.07, 6.45) is 95.3. The quantitative estimate of drug-likeness (QED) is 0.0261. The van der Waals surface area contributed by atoms with E-state index in [4.69, 9.17) is 14.2 Å². The molecule has 0 saturated carbocycles. The minimum Gasteiger partial charge on any atom is -0.462 e. The van der Waals surface area contributed by atoms with Crippen molar-refractivity contribution >= 4 is 17.9 Å². The number of allylic oxidation sites excluding steroid dienone is 28. The maximum atomic E-state index is 12.8. The van der Waals surface area contributed by atoms with Gasteiger partial charge < -0.3 is 14.2 Å². The molecule has 0 rings (SSSR count). The molecule has 0 spiro atoms. The van der Waals surface area contributed by atoms with Crippen LogP contribution in [0.4, 0.5) is 0 Å². The Morgan fingerprint density at radius 2 is 0.500 bits per heavy atom. The highest BCUT2D eigenvalue weighted by Gasteiger charge is 2.19. The summed E-state index contributed by atoms with van der Waals surface area (Å²) in [5.74, 6) is -0.974. The van der Waals surface area contributed by atoms with Gasteiger partial charge in [-0.1, -0.05) is 262 Å². The first kappa shape index (κ1) is 72.8. The van der Waals surface area contributed by atoms with Crippen LogP contribution in [-0.2, 0) is 28.6 Å². The van der Waals surface area contributed by atoms with Crippen LogP contribution >= 0.6 is 0 Å². The lowest BCUT2D eigenvalue weighted by Crippen LogP contribution is -2.30. The Morgan fingerprint density at radius 3 is 0.808 bits per heavy atom. The first-order valence-corrected chi connectivity index (χ1v) is 31.1. The molecule has 0 bridgehead atoms. The van der Waals surface area contributed by atoms with Gasteiger partial charge in [-0.15, -0.1) is 0 Å². The zero-order chi connectivity index (χ0) is 56.4. The molecule has 0 amide bonds. The van der Waals surface area contributed by atoms with Crippen LogP contribution in [0.2, 0.25) is 0 Å². The van der Waals surface area contributed by atoms with E-state index in [1.165, 1.54) is 51.4 Å². The van der Waals surface area contributed by atoms with Gasteiger partial charge >= 0.3 is 17.9 Å². The van der Waals surface area contributed by atoms with Crippen LogP contribution in [0.25, 0.3) is 0 Å². The summed E-state index contributed by atoms with van der Waals surface area (Å²) < 4.78 is 16.7. The maximum Gasteiger partial charge on any atom is 0.306 e. The Hall–Kier alpha value is -5.23. The van der Waals surface area contributed by atoms with Gasteiger partial charge in [0.15, 0.2) is 6.10 Å². The molecular formula is C72H112O6. The van der Waals surface area contributed by atoms with Gasteiger partial charge in [0.2, 0.25) is 0 Å². The molecule has 78 heavy (non-hydrogen) atoms. The van der Waals surface area contributed by atoms with Crippen molar-refractivity contribution in [3.8, 4) is 0 Å². The van der Waals surface area contributed by atoms with E-state index in [1.54, 1.807) is 0 Å². The fraction of sp³-hybridized carbons (Fsp3) is 0.569. The number of unbranched alkanes of at least 4 members (excludes halogenated alkanes) is 15. The standard InChI is InChI=1S/C72H112O6/c1-4-7-10-13-16-18-20-22-24-26-28-30-31-32-33-34-35-36-37-38-39-40-41-43-44-46-48-50-52-54-56-59-62-65-71(74)77-68-69(67-76-70(73)64-61-58-15-12-9-6-3)78-72(75)66-63-60-57-55-53-51-49-47-45-42-29-27-25-23-21-19-17-14-11-8-5-2/h7-8,10-11,16-19,22-25,28-30,32-33,35-36,38-39,41-43,46,48,52,54,69H,4-6,9,12-15,20-21,26-27,31,34,37,40,44-45,47,49-51,53,55-68H2,1-3H3/b10-7-,11-8-,18-16-,19-17-,24-22-,25-23-,30-28-,33-32-,36-35-,39-38-,42-29-,43-41-,48-46-,54-52-. The van der Waals surface area contributed by atoms with Crippen molar-refractivity contribution in [1.29, 1.82) is 0 Å². The van der Waals surface area contributed by atoms with Crippen LogP contribution < -0.4 is 0 Å².